The van der Waals surface area contributed by atoms with Crippen LogP contribution in [0.25, 0.3) is 0 Å². The van der Waals surface area contributed by atoms with Gasteiger partial charge in [-0.25, -0.2) is 0 Å². The van der Waals surface area contributed by atoms with E-state index in [0.717, 1.165) is 12.1 Å². The Morgan fingerprint density at radius 3 is 2.94 bits per heavy atom. The fourth-order valence-corrected chi connectivity index (χ4v) is 2.32. The zero-order valence-electron chi connectivity index (χ0n) is 10.1. The molecule has 0 saturated carbocycles. The second-order valence-corrected chi connectivity index (χ2v) is 4.44. The first-order chi connectivity index (χ1) is 7.81. The summed E-state index contributed by atoms with van der Waals surface area (Å²) < 4.78 is 1.85. The zero-order chi connectivity index (χ0) is 11.4. The molecule has 0 aliphatic heterocycles. The van der Waals surface area contributed by atoms with E-state index in [0.29, 0.717) is 6.04 Å². The van der Waals surface area contributed by atoms with E-state index in [1.807, 2.05) is 25.0 Å². The minimum atomic E-state index is 0.337. The number of hydrogen-bond acceptors (Lipinski definition) is 3. The van der Waals surface area contributed by atoms with E-state index in [-0.39, 0.29) is 0 Å². The largest absolute Gasteiger partial charge is 0.311 e. The lowest BCUT2D eigenvalue weighted by Gasteiger charge is -2.20. The van der Waals surface area contributed by atoms with Crippen LogP contribution in [0.1, 0.15) is 43.8 Å². The summed E-state index contributed by atoms with van der Waals surface area (Å²) in [5.74, 6) is 0. The smallest absolute Gasteiger partial charge is 0.0756 e. The number of aromatic nitrogens is 3. The van der Waals surface area contributed by atoms with Gasteiger partial charge in [0.2, 0.25) is 0 Å². The lowest BCUT2D eigenvalue weighted by molar-refractivity contribution is 0.516. The first-order valence-electron chi connectivity index (χ1n) is 6.01. The van der Waals surface area contributed by atoms with Gasteiger partial charge in [0.15, 0.2) is 0 Å². The predicted octanol–water partition coefficient (Wildman–Crippen LogP) is 1.97. The maximum absolute atomic E-state index is 3.99. The average Bonchev–Trinajstić information content (AvgIpc) is 2.74. The summed E-state index contributed by atoms with van der Waals surface area (Å²) in [4.78, 5) is 0. The summed E-state index contributed by atoms with van der Waals surface area (Å²) in [7, 11) is 3.95. The molecule has 16 heavy (non-hydrogen) atoms. The van der Waals surface area contributed by atoms with Crippen molar-refractivity contribution in [2.75, 3.05) is 7.05 Å². The SMILES string of the molecule is CNC(CC1=CCCCC1)c1cnnn1C. The summed E-state index contributed by atoms with van der Waals surface area (Å²) in [5, 5.41) is 11.3. The number of allylic oxidation sites excluding steroid dienone is 1. The van der Waals surface area contributed by atoms with E-state index in [4.69, 9.17) is 0 Å². The molecule has 0 fully saturated rings. The molecule has 0 spiro atoms. The third kappa shape index (κ3) is 2.50. The normalized spacial score (nSPS) is 18.2. The molecule has 1 aliphatic carbocycles. The van der Waals surface area contributed by atoms with Gasteiger partial charge in [-0.3, -0.25) is 4.68 Å². The van der Waals surface area contributed by atoms with E-state index >= 15 is 0 Å². The van der Waals surface area contributed by atoms with Crippen LogP contribution in [0.4, 0.5) is 0 Å². The van der Waals surface area contributed by atoms with Crippen LogP contribution < -0.4 is 5.32 Å². The summed E-state index contributed by atoms with van der Waals surface area (Å²) in [6, 6.07) is 0.337. The molecule has 0 saturated heterocycles. The molecule has 1 aliphatic rings. The standard InChI is InChI=1S/C12H20N4/c1-13-11(12-9-14-15-16(12)2)8-10-6-4-3-5-7-10/h6,9,11,13H,3-5,7-8H2,1-2H3. The van der Waals surface area contributed by atoms with Gasteiger partial charge in [0, 0.05) is 7.05 Å². The number of nitrogens with zero attached hydrogens (tertiary/aromatic N) is 3. The zero-order valence-corrected chi connectivity index (χ0v) is 10.1. The van der Waals surface area contributed by atoms with Gasteiger partial charge in [-0.15, -0.1) is 5.10 Å². The summed E-state index contributed by atoms with van der Waals surface area (Å²) >= 11 is 0. The molecule has 4 nitrogen and oxygen atoms in total. The topological polar surface area (TPSA) is 42.7 Å². The van der Waals surface area contributed by atoms with Crippen LogP contribution in [-0.2, 0) is 7.05 Å². The van der Waals surface area contributed by atoms with Crippen molar-refractivity contribution in [3.8, 4) is 0 Å². The Morgan fingerprint density at radius 2 is 2.38 bits per heavy atom. The lowest BCUT2D eigenvalue weighted by Crippen LogP contribution is -2.20. The van der Waals surface area contributed by atoms with Crippen molar-refractivity contribution in [3.63, 3.8) is 0 Å². The quantitative estimate of drug-likeness (QED) is 0.789. The third-order valence-electron chi connectivity index (χ3n) is 3.31. The maximum Gasteiger partial charge on any atom is 0.0756 e. The van der Waals surface area contributed by atoms with Gasteiger partial charge in [0.1, 0.15) is 0 Å². The molecule has 88 valence electrons. The third-order valence-corrected chi connectivity index (χ3v) is 3.31. The van der Waals surface area contributed by atoms with E-state index in [2.05, 4.69) is 21.7 Å². The highest BCUT2D eigenvalue weighted by Crippen LogP contribution is 2.26. The molecular formula is C12H20N4. The molecule has 1 unspecified atom stereocenters. The number of rotatable bonds is 4. The molecular weight excluding hydrogens is 200 g/mol. The minimum absolute atomic E-state index is 0.337. The summed E-state index contributed by atoms with van der Waals surface area (Å²) in [6.07, 6.45) is 10.5. The molecule has 0 bridgehead atoms. The Kier molecular flexibility index (Phi) is 3.72. The van der Waals surface area contributed by atoms with Crippen LogP contribution in [-0.4, -0.2) is 22.0 Å². The van der Waals surface area contributed by atoms with Crippen LogP contribution in [0, 0.1) is 0 Å². The van der Waals surface area contributed by atoms with Crippen molar-refractivity contribution in [2.24, 2.45) is 7.05 Å². The molecule has 1 heterocycles. The van der Waals surface area contributed by atoms with Crippen LogP contribution in [0.15, 0.2) is 17.8 Å². The Labute approximate surface area is 96.7 Å². The highest BCUT2D eigenvalue weighted by Gasteiger charge is 2.16. The van der Waals surface area contributed by atoms with Crippen molar-refractivity contribution in [2.45, 2.75) is 38.1 Å². The van der Waals surface area contributed by atoms with Crippen molar-refractivity contribution in [3.05, 3.63) is 23.5 Å². The van der Waals surface area contributed by atoms with E-state index < -0.39 is 0 Å². The van der Waals surface area contributed by atoms with Gasteiger partial charge < -0.3 is 5.32 Å². The van der Waals surface area contributed by atoms with Crippen molar-refractivity contribution >= 4 is 0 Å². The van der Waals surface area contributed by atoms with Crippen molar-refractivity contribution in [1.29, 1.82) is 0 Å². The summed E-state index contributed by atoms with van der Waals surface area (Å²) in [5.41, 5.74) is 2.74. The molecule has 1 aromatic heterocycles. The molecule has 1 N–H and O–H groups in total. The van der Waals surface area contributed by atoms with Gasteiger partial charge in [-0.05, 0) is 39.2 Å². The second kappa shape index (κ2) is 5.25. The van der Waals surface area contributed by atoms with Crippen LogP contribution in [0.2, 0.25) is 0 Å². The van der Waals surface area contributed by atoms with E-state index in [1.54, 1.807) is 5.57 Å². The van der Waals surface area contributed by atoms with Gasteiger partial charge in [-0.2, -0.15) is 0 Å². The van der Waals surface area contributed by atoms with E-state index in [1.165, 1.54) is 25.7 Å². The number of hydrogen-bond donors (Lipinski definition) is 1. The predicted molar refractivity (Wildman–Crippen MR) is 64.0 cm³/mol. The van der Waals surface area contributed by atoms with Crippen LogP contribution >= 0.6 is 0 Å². The Hall–Kier alpha value is -1.16. The second-order valence-electron chi connectivity index (χ2n) is 4.44. The van der Waals surface area contributed by atoms with Gasteiger partial charge in [-0.1, -0.05) is 16.9 Å². The van der Waals surface area contributed by atoms with Crippen LogP contribution in [0.3, 0.4) is 0 Å². The lowest BCUT2D eigenvalue weighted by atomic mass is 9.93. The van der Waals surface area contributed by atoms with Gasteiger partial charge >= 0.3 is 0 Å². The molecule has 2 rings (SSSR count). The van der Waals surface area contributed by atoms with Gasteiger partial charge in [0.25, 0.3) is 0 Å². The Morgan fingerprint density at radius 1 is 1.50 bits per heavy atom. The van der Waals surface area contributed by atoms with Crippen LogP contribution in [0.5, 0.6) is 0 Å². The molecule has 4 heteroatoms. The first-order valence-corrected chi connectivity index (χ1v) is 6.01. The highest BCUT2D eigenvalue weighted by molar-refractivity contribution is 5.12. The fraction of sp³-hybridized carbons (Fsp3) is 0.667. The molecule has 0 aromatic carbocycles. The maximum atomic E-state index is 3.99. The number of nitrogens with one attached hydrogen (secondary N) is 1. The Balaban J connectivity index is 2.06. The molecule has 1 atom stereocenters. The highest BCUT2D eigenvalue weighted by atomic mass is 15.4. The average molecular weight is 220 g/mol. The molecule has 0 amide bonds. The number of aryl methyl sites for hydroxylation is 1. The summed E-state index contributed by atoms with van der Waals surface area (Å²) in [6.45, 7) is 0. The Bertz CT molecular complexity index is 367. The minimum Gasteiger partial charge on any atom is -0.311 e. The monoisotopic (exact) mass is 220 g/mol. The molecule has 1 aromatic rings. The first kappa shape index (κ1) is 11.3. The fourth-order valence-electron chi connectivity index (χ4n) is 2.32. The van der Waals surface area contributed by atoms with Crippen molar-refractivity contribution in [1.82, 2.24) is 20.3 Å². The van der Waals surface area contributed by atoms with Gasteiger partial charge in [0.05, 0.1) is 17.9 Å². The van der Waals surface area contributed by atoms with Crippen molar-refractivity contribution < 1.29 is 0 Å². The molecule has 0 radical (unpaired) electrons. The van der Waals surface area contributed by atoms with E-state index in [9.17, 15) is 0 Å².